The van der Waals surface area contributed by atoms with Crippen LogP contribution in [0.1, 0.15) is 12.0 Å². The van der Waals surface area contributed by atoms with Crippen molar-refractivity contribution >= 4 is 33.0 Å². The molecule has 5 nitrogen and oxygen atoms in total. The highest BCUT2D eigenvalue weighted by molar-refractivity contribution is 7.91. The van der Waals surface area contributed by atoms with Gasteiger partial charge in [0.1, 0.15) is 6.61 Å². The minimum atomic E-state index is -3.11. The number of benzene rings is 1. The van der Waals surface area contributed by atoms with E-state index in [0.29, 0.717) is 22.7 Å². The normalized spacial score (nSPS) is 19.6. The number of sulfone groups is 1. The van der Waals surface area contributed by atoms with E-state index in [1.54, 1.807) is 18.2 Å². The third kappa shape index (κ3) is 4.21. The molecule has 21 heavy (non-hydrogen) atoms. The first-order valence-corrected chi connectivity index (χ1v) is 8.52. The summed E-state index contributed by atoms with van der Waals surface area (Å²) in [5.74, 6) is 4.23. The molecule has 1 aromatic rings. The maximum atomic E-state index is 12.1. The number of rotatable bonds is 2. The predicted octanol–water partition coefficient (Wildman–Crippen LogP) is 1.06. The van der Waals surface area contributed by atoms with Crippen LogP contribution >= 0.6 is 11.6 Å². The van der Waals surface area contributed by atoms with Crippen molar-refractivity contribution in [2.24, 2.45) is 5.92 Å². The number of hydrogen-bond donors (Lipinski definition) is 2. The molecule has 1 atom stereocenters. The second-order valence-electron chi connectivity index (χ2n) is 4.74. The van der Waals surface area contributed by atoms with E-state index in [4.69, 9.17) is 16.7 Å². The van der Waals surface area contributed by atoms with Crippen LogP contribution in [0.15, 0.2) is 18.2 Å². The molecular formula is C14H14ClNO4S. The van der Waals surface area contributed by atoms with Gasteiger partial charge in [0.2, 0.25) is 5.91 Å². The van der Waals surface area contributed by atoms with Crippen molar-refractivity contribution in [2.75, 3.05) is 23.4 Å². The van der Waals surface area contributed by atoms with Gasteiger partial charge in [-0.15, -0.1) is 0 Å². The van der Waals surface area contributed by atoms with Gasteiger partial charge in [-0.3, -0.25) is 4.79 Å². The molecule has 0 bridgehead atoms. The average molecular weight is 328 g/mol. The van der Waals surface area contributed by atoms with Crippen LogP contribution in [0.3, 0.4) is 0 Å². The highest BCUT2D eigenvalue weighted by Gasteiger charge is 2.33. The standard InChI is InChI=1S/C14H14ClNO4S/c15-12-3-4-13(10(8-12)2-1-6-17)16-14(18)11-5-7-21(19,20)9-11/h3-4,8,11,17H,5-7,9H2,(H,16,18). The Labute approximate surface area is 128 Å². The summed E-state index contributed by atoms with van der Waals surface area (Å²) >= 11 is 5.87. The summed E-state index contributed by atoms with van der Waals surface area (Å²) in [6.45, 7) is -0.305. The fraction of sp³-hybridized carbons (Fsp3) is 0.357. The van der Waals surface area contributed by atoms with Crippen molar-refractivity contribution in [2.45, 2.75) is 6.42 Å². The number of aliphatic hydroxyl groups is 1. The van der Waals surface area contributed by atoms with E-state index in [2.05, 4.69) is 17.2 Å². The molecule has 1 heterocycles. The van der Waals surface area contributed by atoms with Gasteiger partial charge < -0.3 is 10.4 Å². The lowest BCUT2D eigenvalue weighted by Gasteiger charge is -2.11. The molecule has 0 spiro atoms. The van der Waals surface area contributed by atoms with Gasteiger partial charge in [-0.1, -0.05) is 23.4 Å². The van der Waals surface area contributed by atoms with Gasteiger partial charge in [-0.05, 0) is 24.6 Å². The largest absolute Gasteiger partial charge is 0.384 e. The second kappa shape index (κ2) is 6.48. The molecular weight excluding hydrogens is 314 g/mol. The predicted molar refractivity (Wildman–Crippen MR) is 80.8 cm³/mol. The van der Waals surface area contributed by atoms with Crippen molar-refractivity contribution in [3.63, 3.8) is 0 Å². The first-order chi connectivity index (χ1) is 9.91. The van der Waals surface area contributed by atoms with Gasteiger partial charge in [0.05, 0.1) is 23.1 Å². The summed E-state index contributed by atoms with van der Waals surface area (Å²) in [4.78, 5) is 12.1. The summed E-state index contributed by atoms with van der Waals surface area (Å²) < 4.78 is 22.8. The Morgan fingerprint density at radius 2 is 2.24 bits per heavy atom. The minimum Gasteiger partial charge on any atom is -0.384 e. The Hall–Kier alpha value is -1.55. The summed E-state index contributed by atoms with van der Waals surface area (Å²) in [6.07, 6.45) is 0.333. The van der Waals surface area contributed by atoms with Crippen LogP contribution in [-0.4, -0.2) is 37.5 Å². The summed E-state index contributed by atoms with van der Waals surface area (Å²) in [5, 5.41) is 11.9. The van der Waals surface area contributed by atoms with Crippen molar-refractivity contribution in [3.05, 3.63) is 28.8 Å². The third-order valence-electron chi connectivity index (χ3n) is 3.14. The molecule has 1 aliphatic rings. The van der Waals surface area contributed by atoms with Crippen molar-refractivity contribution in [1.29, 1.82) is 0 Å². The van der Waals surface area contributed by atoms with E-state index in [1.807, 2.05) is 0 Å². The van der Waals surface area contributed by atoms with Gasteiger partial charge in [0.15, 0.2) is 9.84 Å². The SMILES string of the molecule is O=C(Nc1ccc(Cl)cc1C#CCO)C1CCS(=O)(=O)C1. The molecule has 0 aromatic heterocycles. The van der Waals surface area contributed by atoms with E-state index in [-0.39, 0.29) is 24.0 Å². The average Bonchev–Trinajstić information content (AvgIpc) is 2.79. The third-order valence-corrected chi connectivity index (χ3v) is 5.15. The number of halogens is 1. The molecule has 2 N–H and O–H groups in total. The molecule has 0 saturated carbocycles. The van der Waals surface area contributed by atoms with Gasteiger partial charge in [0.25, 0.3) is 0 Å². The lowest BCUT2D eigenvalue weighted by atomic mass is 10.1. The second-order valence-corrected chi connectivity index (χ2v) is 7.40. The van der Waals surface area contributed by atoms with E-state index in [0.717, 1.165) is 0 Å². The van der Waals surface area contributed by atoms with E-state index in [9.17, 15) is 13.2 Å². The van der Waals surface area contributed by atoms with Gasteiger partial charge >= 0.3 is 0 Å². The molecule has 0 radical (unpaired) electrons. The minimum absolute atomic E-state index is 0.0445. The molecule has 1 fully saturated rings. The van der Waals surface area contributed by atoms with Crippen LogP contribution in [0.5, 0.6) is 0 Å². The zero-order chi connectivity index (χ0) is 15.5. The van der Waals surface area contributed by atoms with Crippen molar-refractivity contribution in [3.8, 4) is 11.8 Å². The molecule has 1 aromatic carbocycles. The molecule has 7 heteroatoms. The van der Waals surface area contributed by atoms with Gasteiger partial charge in [-0.25, -0.2) is 8.42 Å². The number of nitrogens with one attached hydrogen (secondary N) is 1. The molecule has 1 amide bonds. The van der Waals surface area contributed by atoms with Crippen LogP contribution in [0.25, 0.3) is 0 Å². The Morgan fingerprint density at radius 1 is 1.48 bits per heavy atom. The zero-order valence-corrected chi connectivity index (χ0v) is 12.7. The van der Waals surface area contributed by atoms with Crippen LogP contribution in [0.2, 0.25) is 5.02 Å². The number of amides is 1. The Bertz CT molecular complexity index is 718. The first kappa shape index (κ1) is 15.8. The summed E-state index contributed by atoms with van der Waals surface area (Å²) in [6, 6.07) is 4.78. The Morgan fingerprint density at radius 3 is 2.86 bits per heavy atom. The lowest BCUT2D eigenvalue weighted by Crippen LogP contribution is -2.24. The van der Waals surface area contributed by atoms with Crippen LogP contribution in [0.4, 0.5) is 5.69 Å². The lowest BCUT2D eigenvalue weighted by molar-refractivity contribution is -0.119. The first-order valence-electron chi connectivity index (χ1n) is 6.32. The van der Waals surface area contributed by atoms with E-state index in [1.165, 1.54) is 0 Å². The van der Waals surface area contributed by atoms with E-state index >= 15 is 0 Å². The number of anilines is 1. The zero-order valence-electron chi connectivity index (χ0n) is 11.1. The molecule has 2 rings (SSSR count). The Balaban J connectivity index is 2.18. The molecule has 0 aliphatic carbocycles. The van der Waals surface area contributed by atoms with Crippen molar-refractivity contribution in [1.82, 2.24) is 0 Å². The molecule has 1 unspecified atom stereocenters. The monoisotopic (exact) mass is 327 g/mol. The quantitative estimate of drug-likeness (QED) is 0.796. The number of aliphatic hydroxyl groups excluding tert-OH is 1. The summed E-state index contributed by atoms with van der Waals surface area (Å²) in [7, 11) is -3.11. The highest BCUT2D eigenvalue weighted by Crippen LogP contribution is 2.23. The maximum absolute atomic E-state index is 12.1. The molecule has 112 valence electrons. The number of carbonyl (C=O) groups excluding carboxylic acids is 1. The van der Waals surface area contributed by atoms with Gasteiger partial charge in [0, 0.05) is 10.6 Å². The fourth-order valence-electron chi connectivity index (χ4n) is 2.10. The van der Waals surface area contributed by atoms with Crippen LogP contribution in [-0.2, 0) is 14.6 Å². The fourth-order valence-corrected chi connectivity index (χ4v) is 4.01. The van der Waals surface area contributed by atoms with Crippen LogP contribution < -0.4 is 5.32 Å². The Kier molecular flexibility index (Phi) is 4.88. The summed E-state index contributed by atoms with van der Waals surface area (Å²) in [5.41, 5.74) is 0.931. The maximum Gasteiger partial charge on any atom is 0.228 e. The molecule has 1 saturated heterocycles. The number of hydrogen-bond acceptors (Lipinski definition) is 4. The van der Waals surface area contributed by atoms with Crippen LogP contribution in [0, 0.1) is 17.8 Å². The number of carbonyl (C=O) groups is 1. The van der Waals surface area contributed by atoms with Gasteiger partial charge in [-0.2, -0.15) is 0 Å². The highest BCUT2D eigenvalue weighted by atomic mass is 35.5. The topological polar surface area (TPSA) is 83.5 Å². The smallest absolute Gasteiger partial charge is 0.228 e. The van der Waals surface area contributed by atoms with E-state index < -0.39 is 15.8 Å². The molecule has 1 aliphatic heterocycles. The van der Waals surface area contributed by atoms with Crippen molar-refractivity contribution < 1.29 is 18.3 Å².